The molecule has 0 aliphatic heterocycles. The predicted octanol–water partition coefficient (Wildman–Crippen LogP) is 1.90. The van der Waals surface area contributed by atoms with E-state index in [1.54, 1.807) is 0 Å². The number of allylic oxidation sites excluding steroid dienone is 2. The Morgan fingerprint density at radius 2 is 1.73 bits per heavy atom. The average Bonchev–Trinajstić information content (AvgIpc) is 2.03. The van der Waals surface area contributed by atoms with Crippen molar-refractivity contribution in [3.05, 3.63) is 54.5 Å². The molecule has 0 N–H and O–H groups in total. The van der Waals surface area contributed by atoms with Crippen LogP contribution in [0.1, 0.15) is 12.5 Å². The van der Waals surface area contributed by atoms with Gasteiger partial charge in [-0.3, -0.25) is 0 Å². The summed E-state index contributed by atoms with van der Waals surface area (Å²) < 4.78 is 0. The maximum atomic E-state index is 2.08. The van der Waals surface area contributed by atoms with Crippen LogP contribution in [-0.4, -0.2) is 23.1 Å². The quantitative estimate of drug-likeness (QED) is 0.576. The van der Waals surface area contributed by atoms with Gasteiger partial charge in [0.25, 0.3) is 0 Å². The Balaban J connectivity index is 0.000001000. The summed E-state index contributed by atoms with van der Waals surface area (Å²) in [4.78, 5) is 0. The van der Waals surface area contributed by atoms with Crippen molar-refractivity contribution in [1.29, 1.82) is 0 Å². The van der Waals surface area contributed by atoms with Crippen molar-refractivity contribution >= 4 is 23.1 Å². The lowest BCUT2D eigenvalue weighted by molar-refractivity contribution is 1.51. The molecule has 0 saturated heterocycles. The lowest BCUT2D eigenvalue weighted by Crippen LogP contribution is -1.73. The highest BCUT2D eigenvalue weighted by atomic mass is 24.3. The first-order chi connectivity index (χ1) is 4.93. The molecule has 0 bridgehead atoms. The summed E-state index contributed by atoms with van der Waals surface area (Å²) in [6.45, 7) is 2.01. The van der Waals surface area contributed by atoms with Crippen LogP contribution < -0.4 is 0 Å². The van der Waals surface area contributed by atoms with E-state index < -0.39 is 0 Å². The van der Waals surface area contributed by atoms with Gasteiger partial charge in [0, 0.05) is 6.42 Å². The highest BCUT2D eigenvalue weighted by molar-refractivity contribution is 5.75. The fourth-order valence-corrected chi connectivity index (χ4v) is 0.771. The van der Waals surface area contributed by atoms with E-state index in [0.717, 1.165) is 0 Å². The third-order valence-electron chi connectivity index (χ3n) is 1.28. The highest BCUT2D eigenvalue weighted by Crippen LogP contribution is 2.01. The van der Waals surface area contributed by atoms with Crippen molar-refractivity contribution in [2.24, 2.45) is 0 Å². The first-order valence-corrected chi connectivity index (χ1v) is 3.44. The van der Waals surface area contributed by atoms with Crippen molar-refractivity contribution < 1.29 is 0 Å². The van der Waals surface area contributed by atoms with E-state index in [1.807, 2.05) is 37.3 Å². The van der Waals surface area contributed by atoms with Gasteiger partial charge < -0.3 is 0 Å². The van der Waals surface area contributed by atoms with Crippen LogP contribution >= 0.6 is 0 Å². The SMILES string of the molecule is C/C=C/[CH]c1ccccc1.[MgH2]. The molecule has 1 rings (SSSR count). The molecule has 0 atom stereocenters. The zero-order chi connectivity index (χ0) is 7.23. The number of hydrogen-bond donors (Lipinski definition) is 0. The molecule has 0 aromatic heterocycles. The molecule has 0 fully saturated rings. The van der Waals surface area contributed by atoms with Crippen LogP contribution in [0.5, 0.6) is 0 Å². The minimum atomic E-state index is 0. The van der Waals surface area contributed by atoms with E-state index in [-0.39, 0.29) is 23.1 Å². The number of hydrogen-bond acceptors (Lipinski definition) is 0. The van der Waals surface area contributed by atoms with Crippen LogP contribution in [-0.2, 0) is 0 Å². The Morgan fingerprint density at radius 1 is 1.09 bits per heavy atom. The molecule has 1 aromatic carbocycles. The van der Waals surface area contributed by atoms with Crippen LogP contribution in [0.25, 0.3) is 0 Å². The van der Waals surface area contributed by atoms with Gasteiger partial charge in [-0.05, 0) is 12.5 Å². The Bertz CT molecular complexity index is 201. The second-order valence-electron chi connectivity index (χ2n) is 2.10. The van der Waals surface area contributed by atoms with E-state index in [9.17, 15) is 0 Å². The minimum absolute atomic E-state index is 0. The molecule has 11 heavy (non-hydrogen) atoms. The van der Waals surface area contributed by atoms with Crippen molar-refractivity contribution in [2.45, 2.75) is 6.92 Å². The second-order valence-corrected chi connectivity index (χ2v) is 2.10. The summed E-state index contributed by atoms with van der Waals surface area (Å²) in [5.74, 6) is 0. The van der Waals surface area contributed by atoms with E-state index in [4.69, 9.17) is 0 Å². The fraction of sp³-hybridized carbons (Fsp3) is 0.100. The first-order valence-electron chi connectivity index (χ1n) is 3.44. The van der Waals surface area contributed by atoms with Gasteiger partial charge >= 0.3 is 23.1 Å². The predicted molar refractivity (Wildman–Crippen MR) is 53.2 cm³/mol. The highest BCUT2D eigenvalue weighted by Gasteiger charge is 1.83. The summed E-state index contributed by atoms with van der Waals surface area (Å²) in [6, 6.07) is 10.3. The van der Waals surface area contributed by atoms with Crippen LogP contribution in [0.2, 0.25) is 0 Å². The third-order valence-corrected chi connectivity index (χ3v) is 1.28. The standard InChI is InChI=1S/C10H11.Mg.2H/c1-2-3-7-10-8-5-4-6-9-10;;;/h2-9H,1H3;;;/b3-2+;;;. The summed E-state index contributed by atoms with van der Waals surface area (Å²) in [5.41, 5.74) is 1.25. The van der Waals surface area contributed by atoms with Gasteiger partial charge in [0.15, 0.2) is 0 Å². The van der Waals surface area contributed by atoms with Crippen LogP contribution in [0.4, 0.5) is 0 Å². The molecular weight excluding hydrogens is 144 g/mol. The number of benzene rings is 1. The Morgan fingerprint density at radius 3 is 2.27 bits per heavy atom. The molecule has 0 heterocycles. The maximum absolute atomic E-state index is 2.08. The van der Waals surface area contributed by atoms with Gasteiger partial charge in [0.1, 0.15) is 0 Å². The largest absolute Gasteiger partial charge is 0.316 e. The van der Waals surface area contributed by atoms with Gasteiger partial charge in [0.2, 0.25) is 0 Å². The van der Waals surface area contributed by atoms with Crippen LogP contribution in [0.3, 0.4) is 0 Å². The van der Waals surface area contributed by atoms with Crippen LogP contribution in [0.15, 0.2) is 42.5 Å². The third kappa shape index (κ3) is 4.22. The van der Waals surface area contributed by atoms with Gasteiger partial charge in [-0.1, -0.05) is 42.5 Å². The van der Waals surface area contributed by atoms with Gasteiger partial charge in [-0.2, -0.15) is 0 Å². The second kappa shape index (κ2) is 6.44. The molecule has 1 radical (unpaired) electrons. The van der Waals surface area contributed by atoms with Crippen molar-refractivity contribution in [1.82, 2.24) is 0 Å². The summed E-state index contributed by atoms with van der Waals surface area (Å²) in [7, 11) is 0. The lowest BCUT2D eigenvalue weighted by Gasteiger charge is -1.91. The molecule has 0 saturated carbocycles. The van der Waals surface area contributed by atoms with E-state index in [2.05, 4.69) is 18.6 Å². The lowest BCUT2D eigenvalue weighted by atomic mass is 10.1. The smallest absolute Gasteiger partial charge is 0.0910 e. The number of rotatable bonds is 2. The zero-order valence-electron chi connectivity index (χ0n) is 6.12. The molecule has 0 amide bonds. The maximum Gasteiger partial charge on any atom is 0.316 e. The zero-order valence-corrected chi connectivity index (χ0v) is 6.12. The Kier molecular flexibility index (Phi) is 6.28. The molecule has 0 spiro atoms. The topological polar surface area (TPSA) is 0 Å². The van der Waals surface area contributed by atoms with E-state index in [0.29, 0.717) is 0 Å². The van der Waals surface area contributed by atoms with E-state index in [1.165, 1.54) is 5.56 Å². The molecule has 55 valence electrons. The molecule has 0 nitrogen and oxygen atoms in total. The summed E-state index contributed by atoms with van der Waals surface area (Å²) in [6.07, 6.45) is 6.14. The fourth-order valence-electron chi connectivity index (χ4n) is 0.771. The molecule has 0 unspecified atom stereocenters. The van der Waals surface area contributed by atoms with Gasteiger partial charge in [-0.25, -0.2) is 0 Å². The van der Waals surface area contributed by atoms with Crippen molar-refractivity contribution in [3.63, 3.8) is 0 Å². The van der Waals surface area contributed by atoms with Gasteiger partial charge in [-0.15, -0.1) is 0 Å². The van der Waals surface area contributed by atoms with E-state index >= 15 is 0 Å². The molecular formula is C10H13Mg. The molecule has 0 aliphatic rings. The van der Waals surface area contributed by atoms with Gasteiger partial charge in [0.05, 0.1) is 0 Å². The summed E-state index contributed by atoms with van der Waals surface area (Å²) >= 11 is 0. The normalized spacial score (nSPS) is 9.55. The Hall–Kier alpha value is -0.274. The Labute approximate surface area is 84.5 Å². The minimum Gasteiger partial charge on any atom is -0.0910 e. The molecule has 1 aromatic rings. The monoisotopic (exact) mass is 157 g/mol. The molecule has 1 heteroatoms. The molecule has 0 aliphatic carbocycles. The van der Waals surface area contributed by atoms with Crippen molar-refractivity contribution in [3.8, 4) is 0 Å². The van der Waals surface area contributed by atoms with Crippen LogP contribution in [0, 0.1) is 6.42 Å². The summed E-state index contributed by atoms with van der Waals surface area (Å²) in [5, 5.41) is 0. The first kappa shape index (κ1) is 10.7. The van der Waals surface area contributed by atoms with Crippen molar-refractivity contribution in [2.75, 3.05) is 0 Å². The average molecular weight is 158 g/mol.